The predicted molar refractivity (Wildman–Crippen MR) is 147 cm³/mol. The van der Waals surface area contributed by atoms with Crippen LogP contribution in [0, 0.1) is 25.7 Å². The van der Waals surface area contributed by atoms with Crippen LogP contribution in [0.2, 0.25) is 0 Å². The Bertz CT molecular complexity index is 1530. The summed E-state index contributed by atoms with van der Waals surface area (Å²) in [5.74, 6) is 8.56. The predicted octanol–water partition coefficient (Wildman–Crippen LogP) is 4.27. The van der Waals surface area contributed by atoms with E-state index in [4.69, 9.17) is 10.5 Å². The van der Waals surface area contributed by atoms with Crippen LogP contribution in [0.25, 0.3) is 10.9 Å². The van der Waals surface area contributed by atoms with Crippen LogP contribution in [0.5, 0.6) is 11.5 Å². The molecule has 1 unspecified atom stereocenters. The third-order valence-electron chi connectivity index (χ3n) is 6.39. The Morgan fingerprint density at radius 3 is 2.84 bits per heavy atom. The van der Waals surface area contributed by atoms with Crippen molar-refractivity contribution in [1.29, 1.82) is 0 Å². The zero-order valence-electron chi connectivity index (χ0n) is 21.4. The summed E-state index contributed by atoms with van der Waals surface area (Å²) in [6.07, 6.45) is 3.80. The van der Waals surface area contributed by atoms with Gasteiger partial charge in [0.25, 0.3) is 0 Å². The molecule has 38 heavy (non-hydrogen) atoms. The first-order valence-electron chi connectivity index (χ1n) is 12.4. The van der Waals surface area contributed by atoms with E-state index in [1.54, 1.807) is 17.4 Å². The fraction of sp³-hybridized carbons (Fsp3) is 0.241. The van der Waals surface area contributed by atoms with Gasteiger partial charge < -0.3 is 26.0 Å². The minimum absolute atomic E-state index is 0.0350. The number of pyridine rings is 1. The molecule has 0 radical (unpaired) electrons. The number of hydrogen-bond donors (Lipinski definition) is 3. The number of carbonyl (C=O) groups is 1. The molecule has 1 saturated heterocycles. The van der Waals surface area contributed by atoms with Gasteiger partial charge in [-0.2, -0.15) is 0 Å². The van der Waals surface area contributed by atoms with E-state index in [9.17, 15) is 4.79 Å². The summed E-state index contributed by atoms with van der Waals surface area (Å²) < 4.78 is 5.99. The normalized spacial score (nSPS) is 15.0. The van der Waals surface area contributed by atoms with E-state index in [-0.39, 0.29) is 6.04 Å². The summed E-state index contributed by atoms with van der Waals surface area (Å²) in [6, 6.07) is 15.1. The lowest BCUT2D eigenvalue weighted by Gasteiger charge is -2.33. The number of fused-ring (bicyclic) bond motifs is 1. The lowest BCUT2D eigenvalue weighted by molar-refractivity contribution is 0.168. The molecule has 2 amide bonds. The van der Waals surface area contributed by atoms with Gasteiger partial charge in [-0.3, -0.25) is 4.98 Å². The molecule has 1 atom stereocenters. The molecule has 1 fully saturated rings. The second kappa shape index (κ2) is 11.2. The van der Waals surface area contributed by atoms with Gasteiger partial charge in [-0.05, 0) is 67.9 Å². The number of benzene rings is 2. The molecule has 1 aliphatic rings. The highest BCUT2D eigenvalue weighted by molar-refractivity contribution is 5.91. The summed E-state index contributed by atoms with van der Waals surface area (Å²) in [4.78, 5) is 26.5. The second-order valence-electron chi connectivity index (χ2n) is 9.19. The van der Waals surface area contributed by atoms with E-state index in [1.807, 2.05) is 62.4 Å². The zero-order chi connectivity index (χ0) is 26.5. The molecule has 192 valence electrons. The maximum atomic E-state index is 11.7. The summed E-state index contributed by atoms with van der Waals surface area (Å²) in [7, 11) is 0. The van der Waals surface area contributed by atoms with E-state index in [1.165, 1.54) is 0 Å². The van der Waals surface area contributed by atoms with Crippen molar-refractivity contribution >= 4 is 28.4 Å². The van der Waals surface area contributed by atoms with Gasteiger partial charge in [0.1, 0.15) is 23.6 Å². The van der Waals surface area contributed by atoms with Crippen molar-refractivity contribution < 1.29 is 9.53 Å². The lowest BCUT2D eigenvalue weighted by atomic mass is 10.1. The van der Waals surface area contributed by atoms with Gasteiger partial charge in [-0.1, -0.05) is 11.8 Å². The van der Waals surface area contributed by atoms with Gasteiger partial charge in [-0.25, -0.2) is 14.8 Å². The standard InChI is InChI=1S/C29H29N7O2/c1-19-14-22(8-11-27(19)38-24-9-6-20(2)32-17-24)35-28-25-15-21(7-10-26(25)33-18-34-28)4-3-5-23-16-31-12-13-36(23)29(30)37/h6-11,14-15,17-18,23,31H,5,12-13,16H2,1-2H3,(H2,30,37)(H,33,34,35). The summed E-state index contributed by atoms with van der Waals surface area (Å²) in [5, 5.41) is 7.56. The molecule has 1 aliphatic heterocycles. The molecule has 2 aromatic heterocycles. The van der Waals surface area contributed by atoms with Crippen molar-refractivity contribution in [3.05, 3.63) is 77.9 Å². The Morgan fingerprint density at radius 2 is 2.05 bits per heavy atom. The summed E-state index contributed by atoms with van der Waals surface area (Å²) >= 11 is 0. The molecule has 4 aromatic rings. The van der Waals surface area contributed by atoms with Crippen molar-refractivity contribution in [1.82, 2.24) is 25.2 Å². The number of nitrogens with zero attached hydrogens (tertiary/aromatic N) is 4. The third-order valence-corrected chi connectivity index (χ3v) is 6.39. The number of ether oxygens (including phenoxy) is 1. The van der Waals surface area contributed by atoms with Crippen LogP contribution in [0.3, 0.4) is 0 Å². The van der Waals surface area contributed by atoms with Gasteiger partial charge in [0, 0.05) is 48.4 Å². The van der Waals surface area contributed by atoms with E-state index in [0.717, 1.165) is 45.7 Å². The summed E-state index contributed by atoms with van der Waals surface area (Å²) in [6.45, 7) is 5.96. The van der Waals surface area contributed by atoms with Crippen molar-refractivity contribution in [2.24, 2.45) is 5.73 Å². The van der Waals surface area contributed by atoms with Crippen LogP contribution in [0.1, 0.15) is 23.2 Å². The third kappa shape index (κ3) is 5.82. The maximum Gasteiger partial charge on any atom is 0.315 e. The first-order valence-corrected chi connectivity index (χ1v) is 12.4. The smallest absolute Gasteiger partial charge is 0.315 e. The first kappa shape index (κ1) is 25.0. The second-order valence-corrected chi connectivity index (χ2v) is 9.19. The molecule has 0 spiro atoms. The maximum absolute atomic E-state index is 11.7. The van der Waals surface area contributed by atoms with Crippen molar-refractivity contribution in [3.8, 4) is 23.3 Å². The number of carbonyl (C=O) groups excluding carboxylic acids is 1. The number of anilines is 2. The molecule has 0 saturated carbocycles. The highest BCUT2D eigenvalue weighted by atomic mass is 16.5. The summed E-state index contributed by atoms with van der Waals surface area (Å²) in [5.41, 5.74) is 9.97. The fourth-order valence-corrected chi connectivity index (χ4v) is 4.36. The van der Waals surface area contributed by atoms with Gasteiger partial charge in [0.2, 0.25) is 0 Å². The molecule has 5 rings (SSSR count). The number of primary amides is 1. The lowest BCUT2D eigenvalue weighted by Crippen LogP contribution is -2.55. The average molecular weight is 508 g/mol. The van der Waals surface area contributed by atoms with Crippen molar-refractivity contribution in [2.75, 3.05) is 25.0 Å². The molecular formula is C29H29N7O2. The number of nitrogens with two attached hydrogens (primary N) is 1. The van der Waals surface area contributed by atoms with E-state index >= 15 is 0 Å². The molecule has 2 aromatic carbocycles. The Balaban J connectivity index is 1.33. The quantitative estimate of drug-likeness (QED) is 0.345. The topological polar surface area (TPSA) is 118 Å². The molecule has 9 nitrogen and oxygen atoms in total. The molecule has 4 N–H and O–H groups in total. The Morgan fingerprint density at radius 1 is 1.16 bits per heavy atom. The molecule has 0 aliphatic carbocycles. The molecule has 0 bridgehead atoms. The van der Waals surface area contributed by atoms with Crippen LogP contribution >= 0.6 is 0 Å². The highest BCUT2D eigenvalue weighted by Gasteiger charge is 2.23. The number of aryl methyl sites for hydroxylation is 2. The molecule has 3 heterocycles. The van der Waals surface area contributed by atoms with Gasteiger partial charge in [-0.15, -0.1) is 0 Å². The van der Waals surface area contributed by atoms with Crippen molar-refractivity contribution in [2.45, 2.75) is 26.3 Å². The number of piperazine rings is 1. The Kier molecular flexibility index (Phi) is 7.33. The van der Waals surface area contributed by atoms with E-state index < -0.39 is 6.03 Å². The fourth-order valence-electron chi connectivity index (χ4n) is 4.36. The van der Waals surface area contributed by atoms with E-state index in [2.05, 4.69) is 37.4 Å². The number of aromatic nitrogens is 3. The Labute approximate surface area is 221 Å². The number of nitrogens with one attached hydrogen (secondary N) is 2. The Hall–Kier alpha value is -4.68. The molecule has 9 heteroatoms. The first-order chi connectivity index (χ1) is 18.5. The van der Waals surface area contributed by atoms with Crippen molar-refractivity contribution in [3.63, 3.8) is 0 Å². The minimum Gasteiger partial charge on any atom is -0.455 e. The van der Waals surface area contributed by atoms with Crippen LogP contribution < -0.4 is 21.1 Å². The monoisotopic (exact) mass is 507 g/mol. The number of rotatable bonds is 5. The van der Waals surface area contributed by atoms with Gasteiger partial charge >= 0.3 is 6.03 Å². The van der Waals surface area contributed by atoms with Gasteiger partial charge in [0.15, 0.2) is 0 Å². The van der Waals surface area contributed by atoms with Crippen LogP contribution in [-0.2, 0) is 0 Å². The number of amides is 2. The van der Waals surface area contributed by atoms with Crippen LogP contribution in [0.4, 0.5) is 16.3 Å². The average Bonchev–Trinajstić information content (AvgIpc) is 2.92. The number of hydrogen-bond acceptors (Lipinski definition) is 7. The molecular weight excluding hydrogens is 478 g/mol. The largest absolute Gasteiger partial charge is 0.455 e. The number of urea groups is 1. The van der Waals surface area contributed by atoms with Gasteiger partial charge in [0.05, 0.1) is 17.8 Å². The zero-order valence-corrected chi connectivity index (χ0v) is 21.4. The van der Waals surface area contributed by atoms with Crippen LogP contribution in [-0.4, -0.2) is 51.6 Å². The van der Waals surface area contributed by atoms with E-state index in [0.29, 0.717) is 31.1 Å². The SMILES string of the molecule is Cc1ccc(Oc2ccc(Nc3ncnc4ccc(C#CCC5CNCCN5C(N)=O)cc34)cc2C)cn1. The minimum atomic E-state index is -0.404. The van der Waals surface area contributed by atoms with Crippen LogP contribution in [0.15, 0.2) is 61.1 Å². The highest BCUT2D eigenvalue weighted by Crippen LogP contribution is 2.30.